The monoisotopic (exact) mass is 475 g/mol. The number of carbonyl (C=O) groups is 1. The molecule has 3 heterocycles. The predicted octanol–water partition coefficient (Wildman–Crippen LogP) is 6.68. The molecular formula is C31H29N3O2. The molecular weight excluding hydrogens is 446 g/mol. The molecule has 2 fully saturated rings. The van der Waals surface area contributed by atoms with E-state index in [1.807, 2.05) is 12.1 Å². The number of nitrogens with zero attached hydrogens (tertiary/aromatic N) is 3. The normalized spacial score (nSPS) is 17.9. The van der Waals surface area contributed by atoms with Crippen LogP contribution in [0, 0.1) is 18.8 Å². The molecule has 1 amide bonds. The summed E-state index contributed by atoms with van der Waals surface area (Å²) in [6.07, 6.45) is 4.93. The van der Waals surface area contributed by atoms with Crippen molar-refractivity contribution in [3.63, 3.8) is 0 Å². The van der Waals surface area contributed by atoms with E-state index in [2.05, 4.69) is 71.0 Å². The molecule has 1 saturated heterocycles. The van der Waals surface area contributed by atoms with Gasteiger partial charge in [-0.05, 0) is 73.1 Å². The molecule has 0 unspecified atom stereocenters. The zero-order valence-corrected chi connectivity index (χ0v) is 20.5. The van der Waals surface area contributed by atoms with Crippen molar-refractivity contribution in [3.05, 3.63) is 78.6 Å². The van der Waals surface area contributed by atoms with Crippen molar-refractivity contribution in [2.24, 2.45) is 11.8 Å². The Morgan fingerprint density at radius 2 is 1.78 bits per heavy atom. The van der Waals surface area contributed by atoms with Gasteiger partial charge in [-0.15, -0.1) is 0 Å². The van der Waals surface area contributed by atoms with Crippen LogP contribution in [0.25, 0.3) is 44.5 Å². The molecule has 1 aliphatic carbocycles. The van der Waals surface area contributed by atoms with Crippen LogP contribution in [-0.2, 0) is 11.3 Å². The second-order valence-corrected chi connectivity index (χ2v) is 10.5. The molecule has 5 aromatic rings. The first kappa shape index (κ1) is 21.4. The lowest BCUT2D eigenvalue weighted by Crippen LogP contribution is -2.30. The van der Waals surface area contributed by atoms with Crippen molar-refractivity contribution in [1.29, 1.82) is 0 Å². The zero-order valence-electron chi connectivity index (χ0n) is 20.5. The van der Waals surface area contributed by atoms with E-state index in [9.17, 15) is 4.79 Å². The molecule has 2 aliphatic rings. The molecule has 0 spiro atoms. The van der Waals surface area contributed by atoms with Crippen molar-refractivity contribution >= 4 is 27.9 Å². The van der Waals surface area contributed by atoms with Crippen LogP contribution in [-0.4, -0.2) is 33.4 Å². The van der Waals surface area contributed by atoms with Crippen LogP contribution < -0.4 is 0 Å². The van der Waals surface area contributed by atoms with Gasteiger partial charge in [-0.1, -0.05) is 42.5 Å². The number of benzene rings is 3. The molecule has 0 bridgehead atoms. The summed E-state index contributed by atoms with van der Waals surface area (Å²) in [6.45, 7) is 4.79. The Kier molecular flexibility index (Phi) is 4.98. The van der Waals surface area contributed by atoms with Gasteiger partial charge in [0, 0.05) is 36.5 Å². The van der Waals surface area contributed by atoms with Crippen LogP contribution >= 0.6 is 0 Å². The van der Waals surface area contributed by atoms with Gasteiger partial charge in [-0.2, -0.15) is 0 Å². The highest BCUT2D eigenvalue weighted by atomic mass is 16.3. The number of hydrogen-bond donors (Lipinski definition) is 0. The summed E-state index contributed by atoms with van der Waals surface area (Å²) in [7, 11) is 0. The minimum absolute atomic E-state index is 0.295. The number of likely N-dealkylation sites (tertiary alicyclic amines) is 1. The molecule has 0 radical (unpaired) electrons. The van der Waals surface area contributed by atoms with E-state index >= 15 is 0 Å². The lowest BCUT2D eigenvalue weighted by Gasteiger charge is -2.18. The third-order valence-electron chi connectivity index (χ3n) is 7.86. The summed E-state index contributed by atoms with van der Waals surface area (Å²) in [6, 6.07) is 23.4. The summed E-state index contributed by atoms with van der Waals surface area (Å²) in [5, 5.41) is 1.11. The summed E-state index contributed by atoms with van der Waals surface area (Å²) < 4.78 is 7.89. The van der Waals surface area contributed by atoms with Gasteiger partial charge in [0.25, 0.3) is 0 Å². The van der Waals surface area contributed by atoms with Crippen molar-refractivity contribution in [3.8, 4) is 22.5 Å². The predicted molar refractivity (Wildman–Crippen MR) is 143 cm³/mol. The number of rotatable bonds is 5. The smallest absolute Gasteiger partial charge is 0.225 e. The van der Waals surface area contributed by atoms with Crippen LogP contribution in [0.3, 0.4) is 0 Å². The number of hydrogen-bond acceptors (Lipinski definition) is 3. The summed E-state index contributed by atoms with van der Waals surface area (Å²) in [4.78, 5) is 19.8. The van der Waals surface area contributed by atoms with Crippen molar-refractivity contribution in [2.75, 3.05) is 13.1 Å². The maximum Gasteiger partial charge on any atom is 0.225 e. The SMILES string of the molecule is Cc1cccc2nc(-c3ccc(-c4ccc5occc5c4)cc3)n(C[C@@H]3CCN(C(=O)C4CC4)C3)c12. The highest BCUT2D eigenvalue weighted by Crippen LogP contribution is 2.35. The molecule has 1 atom stereocenters. The summed E-state index contributed by atoms with van der Waals surface area (Å²) in [5.41, 5.74) is 7.83. The number of carbonyl (C=O) groups excluding carboxylic acids is 1. The molecule has 5 heteroatoms. The van der Waals surface area contributed by atoms with Gasteiger partial charge in [0.2, 0.25) is 5.91 Å². The number of aryl methyl sites for hydroxylation is 1. The molecule has 3 aromatic carbocycles. The molecule has 0 N–H and O–H groups in total. The van der Waals surface area contributed by atoms with E-state index in [-0.39, 0.29) is 0 Å². The summed E-state index contributed by atoms with van der Waals surface area (Å²) >= 11 is 0. The number of amides is 1. The number of aromatic nitrogens is 2. The fraction of sp³-hybridized carbons (Fsp3) is 0.290. The number of fused-ring (bicyclic) bond motifs is 2. The second-order valence-electron chi connectivity index (χ2n) is 10.5. The fourth-order valence-electron chi connectivity index (χ4n) is 5.75. The van der Waals surface area contributed by atoms with Gasteiger partial charge < -0.3 is 13.9 Å². The molecule has 1 aliphatic heterocycles. The Morgan fingerprint density at radius 1 is 0.972 bits per heavy atom. The summed E-state index contributed by atoms with van der Waals surface area (Å²) in [5.74, 6) is 2.12. The van der Waals surface area contributed by atoms with E-state index in [0.717, 1.165) is 66.8 Å². The van der Waals surface area contributed by atoms with Crippen molar-refractivity contribution in [2.45, 2.75) is 32.7 Å². The Hall–Kier alpha value is -3.86. The van der Waals surface area contributed by atoms with Crippen LogP contribution in [0.5, 0.6) is 0 Å². The number of imidazole rings is 1. The first-order valence-corrected chi connectivity index (χ1v) is 13.0. The maximum atomic E-state index is 12.6. The van der Waals surface area contributed by atoms with Gasteiger partial charge in [-0.3, -0.25) is 4.79 Å². The molecule has 1 saturated carbocycles. The molecule has 180 valence electrons. The standard InChI is InChI=1S/C31H29N3O2/c1-20-3-2-4-27-29(20)34(19-21-13-15-33(18-21)31(35)24-9-10-24)30(32-27)23-7-5-22(6-8-23)25-11-12-28-26(17-25)14-16-36-28/h2-8,11-12,14,16-17,21,24H,9-10,13,15,18-19H2,1H3/t21-/m1/s1. The molecule has 5 nitrogen and oxygen atoms in total. The Morgan fingerprint density at radius 3 is 2.61 bits per heavy atom. The van der Waals surface area contributed by atoms with Crippen molar-refractivity contribution in [1.82, 2.24) is 14.5 Å². The number of furan rings is 1. The van der Waals surface area contributed by atoms with Gasteiger partial charge in [-0.25, -0.2) is 4.98 Å². The highest BCUT2D eigenvalue weighted by Gasteiger charge is 2.36. The third-order valence-corrected chi connectivity index (χ3v) is 7.86. The van der Waals surface area contributed by atoms with Gasteiger partial charge in [0.15, 0.2) is 0 Å². The lowest BCUT2D eigenvalue weighted by molar-refractivity contribution is -0.131. The van der Waals surface area contributed by atoms with Crippen LogP contribution in [0.4, 0.5) is 0 Å². The Labute approximate surface area is 210 Å². The largest absolute Gasteiger partial charge is 0.464 e. The minimum Gasteiger partial charge on any atom is -0.464 e. The second kappa shape index (κ2) is 8.37. The van der Waals surface area contributed by atoms with Crippen LogP contribution in [0.1, 0.15) is 24.8 Å². The first-order chi connectivity index (χ1) is 17.6. The quantitative estimate of drug-likeness (QED) is 0.285. The fourth-order valence-corrected chi connectivity index (χ4v) is 5.75. The molecule has 36 heavy (non-hydrogen) atoms. The van der Waals surface area contributed by atoms with E-state index < -0.39 is 0 Å². The minimum atomic E-state index is 0.295. The first-order valence-electron chi connectivity index (χ1n) is 13.0. The topological polar surface area (TPSA) is 51.3 Å². The van der Waals surface area contributed by atoms with Crippen LogP contribution in [0.15, 0.2) is 77.4 Å². The van der Waals surface area contributed by atoms with Crippen LogP contribution in [0.2, 0.25) is 0 Å². The van der Waals surface area contributed by atoms with E-state index in [1.54, 1.807) is 6.26 Å². The van der Waals surface area contributed by atoms with E-state index in [0.29, 0.717) is 17.7 Å². The van der Waals surface area contributed by atoms with E-state index in [1.165, 1.54) is 22.2 Å². The van der Waals surface area contributed by atoms with Gasteiger partial charge in [0.05, 0.1) is 17.3 Å². The average molecular weight is 476 g/mol. The Balaban J connectivity index is 1.22. The van der Waals surface area contributed by atoms with E-state index in [4.69, 9.17) is 9.40 Å². The highest BCUT2D eigenvalue weighted by molar-refractivity contribution is 5.86. The Bertz CT molecular complexity index is 1590. The molecule has 2 aromatic heterocycles. The average Bonchev–Trinajstić information content (AvgIpc) is 3.29. The van der Waals surface area contributed by atoms with Crippen molar-refractivity contribution < 1.29 is 9.21 Å². The maximum absolute atomic E-state index is 12.6. The zero-order chi connectivity index (χ0) is 24.2. The van der Waals surface area contributed by atoms with Gasteiger partial charge in [0.1, 0.15) is 11.4 Å². The lowest BCUT2D eigenvalue weighted by atomic mass is 10.0. The number of para-hydroxylation sites is 1. The third kappa shape index (κ3) is 3.70. The molecule has 7 rings (SSSR count). The van der Waals surface area contributed by atoms with Gasteiger partial charge >= 0.3 is 0 Å².